The summed E-state index contributed by atoms with van der Waals surface area (Å²) in [7, 11) is 0. The minimum atomic E-state index is -0.103. The number of aromatic nitrogens is 1. The van der Waals surface area contributed by atoms with E-state index < -0.39 is 0 Å². The summed E-state index contributed by atoms with van der Waals surface area (Å²) in [4.78, 5) is 15.2. The number of nitrogens with zero attached hydrogens (tertiary/aromatic N) is 2. The zero-order valence-electron chi connectivity index (χ0n) is 10.4. The second-order valence-corrected chi connectivity index (χ2v) is 5.03. The number of amides is 1. The first-order chi connectivity index (χ1) is 9.20. The average Bonchev–Trinajstić information content (AvgIpc) is 2.91. The highest BCUT2D eigenvalue weighted by molar-refractivity contribution is 7.09. The number of thiophene rings is 1. The first-order valence-corrected chi connectivity index (χ1v) is 6.70. The number of rotatable bonds is 5. The molecular weight excluding hydrogens is 260 g/mol. The Hall–Kier alpha value is -2.14. The minimum Gasteiger partial charge on any atom is -0.619 e. The summed E-state index contributed by atoms with van der Waals surface area (Å²) >= 11 is 1.61. The van der Waals surface area contributed by atoms with Gasteiger partial charge < -0.3 is 10.1 Å². The number of hydrogen-bond acceptors (Lipinski definition) is 3. The second-order valence-electron chi connectivity index (χ2n) is 4.00. The molecule has 4 nitrogen and oxygen atoms in total. The Morgan fingerprint density at radius 3 is 2.74 bits per heavy atom. The van der Waals surface area contributed by atoms with Crippen LogP contribution in [0.15, 0.2) is 54.7 Å². The maximum absolute atomic E-state index is 12.3. The van der Waals surface area contributed by atoms with Crippen molar-refractivity contribution in [1.29, 1.82) is 0 Å². The van der Waals surface area contributed by atoms with E-state index in [1.807, 2.05) is 17.5 Å². The van der Waals surface area contributed by atoms with Crippen molar-refractivity contribution in [1.82, 2.24) is 4.90 Å². The van der Waals surface area contributed by atoms with E-state index in [1.165, 1.54) is 24.5 Å². The summed E-state index contributed by atoms with van der Waals surface area (Å²) in [6, 6.07) is 7.00. The lowest BCUT2D eigenvalue weighted by atomic mass is 10.2. The molecule has 5 heteroatoms. The van der Waals surface area contributed by atoms with Crippen molar-refractivity contribution in [2.75, 3.05) is 6.54 Å². The average molecular weight is 274 g/mol. The van der Waals surface area contributed by atoms with E-state index in [1.54, 1.807) is 22.3 Å². The lowest BCUT2D eigenvalue weighted by Gasteiger charge is -2.20. The fourth-order valence-corrected chi connectivity index (χ4v) is 2.42. The lowest BCUT2D eigenvalue weighted by molar-refractivity contribution is -0.605. The first-order valence-electron chi connectivity index (χ1n) is 5.82. The van der Waals surface area contributed by atoms with Crippen LogP contribution >= 0.6 is 11.3 Å². The molecule has 2 rings (SSSR count). The van der Waals surface area contributed by atoms with Gasteiger partial charge in [-0.15, -0.1) is 17.9 Å². The predicted molar refractivity (Wildman–Crippen MR) is 74.7 cm³/mol. The first kappa shape index (κ1) is 13.3. The van der Waals surface area contributed by atoms with Gasteiger partial charge in [-0.3, -0.25) is 4.79 Å². The zero-order chi connectivity index (χ0) is 13.7. The van der Waals surface area contributed by atoms with Crippen molar-refractivity contribution in [3.63, 3.8) is 0 Å². The monoisotopic (exact) mass is 274 g/mol. The smallest absolute Gasteiger partial charge is 0.254 e. The van der Waals surface area contributed by atoms with Gasteiger partial charge in [0.15, 0.2) is 12.4 Å². The molecular formula is C14H14N2O2S. The third-order valence-corrected chi connectivity index (χ3v) is 3.47. The summed E-state index contributed by atoms with van der Waals surface area (Å²) < 4.78 is 0.661. The maximum atomic E-state index is 12.3. The van der Waals surface area contributed by atoms with E-state index in [4.69, 9.17) is 0 Å². The van der Waals surface area contributed by atoms with Crippen LogP contribution in [-0.2, 0) is 6.54 Å². The van der Waals surface area contributed by atoms with Crippen molar-refractivity contribution in [3.05, 3.63) is 70.3 Å². The molecule has 0 atom stereocenters. The molecule has 0 radical (unpaired) electrons. The highest BCUT2D eigenvalue weighted by atomic mass is 32.1. The molecule has 0 saturated carbocycles. The second kappa shape index (κ2) is 6.15. The van der Waals surface area contributed by atoms with Crippen LogP contribution in [-0.4, -0.2) is 17.4 Å². The molecule has 0 aromatic carbocycles. The summed E-state index contributed by atoms with van der Waals surface area (Å²) in [6.45, 7) is 4.70. The van der Waals surface area contributed by atoms with Gasteiger partial charge in [0.05, 0.1) is 12.1 Å². The van der Waals surface area contributed by atoms with Crippen LogP contribution in [0.1, 0.15) is 15.2 Å². The lowest BCUT2D eigenvalue weighted by Crippen LogP contribution is -2.32. The van der Waals surface area contributed by atoms with Gasteiger partial charge in [0.2, 0.25) is 0 Å². The third-order valence-electron chi connectivity index (χ3n) is 2.61. The molecule has 98 valence electrons. The minimum absolute atomic E-state index is 0.103. The summed E-state index contributed by atoms with van der Waals surface area (Å²) in [6.07, 6.45) is 4.34. The Morgan fingerprint density at radius 1 is 1.42 bits per heavy atom. The van der Waals surface area contributed by atoms with Crippen molar-refractivity contribution >= 4 is 17.2 Å². The van der Waals surface area contributed by atoms with Gasteiger partial charge in [-0.1, -0.05) is 12.1 Å². The van der Waals surface area contributed by atoms with Crippen LogP contribution in [0.3, 0.4) is 0 Å². The molecule has 2 aromatic heterocycles. The SMILES string of the molecule is C=CCN(Cc1cccs1)C(=O)c1cc[n+]([O-])cc1. The van der Waals surface area contributed by atoms with Gasteiger partial charge in [-0.05, 0) is 11.4 Å². The Labute approximate surface area is 115 Å². The molecule has 0 spiro atoms. The molecule has 0 N–H and O–H groups in total. The third kappa shape index (κ3) is 3.42. The fraction of sp³-hybridized carbons (Fsp3) is 0.143. The van der Waals surface area contributed by atoms with Crippen molar-refractivity contribution in [2.24, 2.45) is 0 Å². The van der Waals surface area contributed by atoms with E-state index >= 15 is 0 Å². The number of carbonyl (C=O) groups excluding carboxylic acids is 1. The van der Waals surface area contributed by atoms with Crippen LogP contribution in [0.4, 0.5) is 0 Å². The van der Waals surface area contributed by atoms with Crippen LogP contribution in [0, 0.1) is 5.21 Å². The van der Waals surface area contributed by atoms with E-state index in [2.05, 4.69) is 6.58 Å². The van der Waals surface area contributed by atoms with Gasteiger partial charge in [-0.25, -0.2) is 0 Å². The normalized spacial score (nSPS) is 10.1. The zero-order valence-corrected chi connectivity index (χ0v) is 11.2. The van der Waals surface area contributed by atoms with Gasteiger partial charge in [-0.2, -0.15) is 4.73 Å². The van der Waals surface area contributed by atoms with Crippen LogP contribution in [0.5, 0.6) is 0 Å². The molecule has 0 aliphatic rings. The van der Waals surface area contributed by atoms with E-state index in [-0.39, 0.29) is 5.91 Å². The van der Waals surface area contributed by atoms with E-state index in [0.29, 0.717) is 23.4 Å². The Bertz CT molecular complexity index is 549. The Balaban J connectivity index is 2.16. The highest BCUT2D eigenvalue weighted by Gasteiger charge is 2.16. The number of hydrogen-bond donors (Lipinski definition) is 0. The van der Waals surface area contributed by atoms with Gasteiger partial charge in [0.25, 0.3) is 5.91 Å². The molecule has 2 heterocycles. The van der Waals surface area contributed by atoms with Crippen LogP contribution in [0.2, 0.25) is 0 Å². The van der Waals surface area contributed by atoms with Crippen molar-refractivity contribution in [3.8, 4) is 0 Å². The predicted octanol–water partition coefficient (Wildman–Crippen LogP) is 2.21. The molecule has 1 amide bonds. The molecule has 0 fully saturated rings. The fourth-order valence-electron chi connectivity index (χ4n) is 1.70. The van der Waals surface area contributed by atoms with Gasteiger partial charge >= 0.3 is 0 Å². The molecule has 19 heavy (non-hydrogen) atoms. The van der Waals surface area contributed by atoms with E-state index in [9.17, 15) is 10.0 Å². The van der Waals surface area contributed by atoms with E-state index in [0.717, 1.165) is 4.88 Å². The summed E-state index contributed by atoms with van der Waals surface area (Å²) in [5.41, 5.74) is 0.505. The van der Waals surface area contributed by atoms with Gasteiger partial charge in [0, 0.05) is 23.6 Å². The summed E-state index contributed by atoms with van der Waals surface area (Å²) in [5.74, 6) is -0.103. The molecule has 0 bridgehead atoms. The van der Waals surface area contributed by atoms with Crippen molar-refractivity contribution in [2.45, 2.75) is 6.54 Å². The van der Waals surface area contributed by atoms with Crippen molar-refractivity contribution < 1.29 is 9.52 Å². The molecule has 2 aromatic rings. The highest BCUT2D eigenvalue weighted by Crippen LogP contribution is 2.14. The largest absolute Gasteiger partial charge is 0.619 e. The Kier molecular flexibility index (Phi) is 4.30. The quantitative estimate of drug-likeness (QED) is 0.477. The summed E-state index contributed by atoms with van der Waals surface area (Å²) in [5, 5.41) is 13.0. The topological polar surface area (TPSA) is 47.2 Å². The number of carbonyl (C=O) groups is 1. The molecule has 0 unspecified atom stereocenters. The van der Waals surface area contributed by atoms with Crippen LogP contribution in [0.25, 0.3) is 0 Å². The molecule has 0 saturated heterocycles. The Morgan fingerprint density at radius 2 is 2.16 bits per heavy atom. The number of pyridine rings is 1. The van der Waals surface area contributed by atoms with Crippen LogP contribution < -0.4 is 4.73 Å². The molecule has 0 aliphatic heterocycles. The molecule has 0 aliphatic carbocycles. The maximum Gasteiger partial charge on any atom is 0.254 e. The van der Waals surface area contributed by atoms with Gasteiger partial charge in [0.1, 0.15) is 0 Å². The standard InChI is InChI=1S/C14H14N2O2S/c1-2-7-15(11-13-4-3-10-19-13)14(17)12-5-8-16(18)9-6-12/h2-6,8-10H,1,7,11H2.